The highest BCUT2D eigenvalue weighted by molar-refractivity contribution is 5.79. The zero-order valence-electron chi connectivity index (χ0n) is 10.9. The lowest BCUT2D eigenvalue weighted by Gasteiger charge is -2.14. The first-order chi connectivity index (χ1) is 8.36. The van der Waals surface area contributed by atoms with E-state index in [4.69, 9.17) is 10.6 Å². The summed E-state index contributed by atoms with van der Waals surface area (Å²) in [5.41, 5.74) is 2.65. The van der Waals surface area contributed by atoms with Gasteiger partial charge in [0.25, 0.3) is 0 Å². The fourth-order valence-corrected chi connectivity index (χ4v) is 2.12. The van der Waals surface area contributed by atoms with Gasteiger partial charge in [0.1, 0.15) is 0 Å². The number of unbranched alkanes of at least 4 members (excludes halogenated alkanes) is 2. The maximum atomic E-state index is 5.45. The minimum Gasteiger partial charge on any atom is -0.385 e. The first-order valence-corrected chi connectivity index (χ1v) is 6.63. The van der Waals surface area contributed by atoms with E-state index >= 15 is 0 Å². The topological polar surface area (TPSA) is 71.7 Å². The maximum Gasteiger partial charge on any atom is 0.205 e. The quantitative estimate of drug-likeness (QED) is 0.206. The molecule has 1 fully saturated rings. The summed E-state index contributed by atoms with van der Waals surface area (Å²) in [7, 11) is 1.74. The fourth-order valence-electron chi connectivity index (χ4n) is 2.12. The van der Waals surface area contributed by atoms with Crippen LogP contribution in [0.3, 0.4) is 0 Å². The third-order valence-corrected chi connectivity index (χ3v) is 3.11. The Morgan fingerprint density at radius 2 is 2.06 bits per heavy atom. The summed E-state index contributed by atoms with van der Waals surface area (Å²) >= 11 is 0. The molecule has 1 aliphatic rings. The number of rotatable bonds is 7. The van der Waals surface area contributed by atoms with Gasteiger partial charge in [0, 0.05) is 26.3 Å². The number of nitrogens with two attached hydrogens (primary N) is 1. The van der Waals surface area contributed by atoms with Crippen molar-refractivity contribution < 1.29 is 4.74 Å². The summed E-state index contributed by atoms with van der Waals surface area (Å²) in [4.78, 5) is 4.43. The molecule has 5 nitrogen and oxygen atoms in total. The van der Waals surface area contributed by atoms with Crippen LogP contribution in [0.4, 0.5) is 0 Å². The third-order valence-electron chi connectivity index (χ3n) is 3.11. The van der Waals surface area contributed by atoms with E-state index in [0.717, 1.165) is 38.4 Å². The highest BCUT2D eigenvalue weighted by Crippen LogP contribution is 2.17. The van der Waals surface area contributed by atoms with Crippen LogP contribution in [-0.2, 0) is 4.74 Å². The molecule has 0 bridgehead atoms. The molecule has 0 saturated heterocycles. The normalized spacial score (nSPS) is 17.4. The van der Waals surface area contributed by atoms with E-state index in [2.05, 4.69) is 15.7 Å². The average Bonchev–Trinajstić information content (AvgIpc) is 2.85. The Balaban J connectivity index is 2.10. The number of ether oxygens (including phenoxy) is 1. The molecule has 0 atom stereocenters. The number of nitrogens with zero attached hydrogens (tertiary/aromatic N) is 1. The van der Waals surface area contributed by atoms with Gasteiger partial charge in [-0.1, -0.05) is 12.8 Å². The average molecular weight is 242 g/mol. The molecule has 17 heavy (non-hydrogen) atoms. The van der Waals surface area contributed by atoms with Crippen LogP contribution in [0.1, 0.15) is 44.9 Å². The molecule has 0 heterocycles. The first kappa shape index (κ1) is 14.3. The standard InChI is InChI=1S/C12H26N4O/c1-17-10-6-2-5-9-14-12(16-13)15-11-7-3-4-8-11/h11H,2-10,13H2,1H3,(H2,14,15,16). The van der Waals surface area contributed by atoms with E-state index in [0.29, 0.717) is 6.04 Å². The Morgan fingerprint density at radius 3 is 2.71 bits per heavy atom. The monoisotopic (exact) mass is 242 g/mol. The zero-order valence-corrected chi connectivity index (χ0v) is 10.9. The summed E-state index contributed by atoms with van der Waals surface area (Å²) in [6.07, 6.45) is 8.43. The summed E-state index contributed by atoms with van der Waals surface area (Å²) in [5.74, 6) is 6.19. The predicted molar refractivity (Wildman–Crippen MR) is 70.7 cm³/mol. The Morgan fingerprint density at radius 1 is 1.29 bits per heavy atom. The summed E-state index contributed by atoms with van der Waals surface area (Å²) < 4.78 is 5.00. The molecule has 0 spiro atoms. The maximum absolute atomic E-state index is 5.45. The fraction of sp³-hybridized carbons (Fsp3) is 0.917. The highest BCUT2D eigenvalue weighted by Gasteiger charge is 2.15. The molecule has 0 aromatic heterocycles. The molecule has 5 heteroatoms. The lowest BCUT2D eigenvalue weighted by atomic mass is 10.2. The summed E-state index contributed by atoms with van der Waals surface area (Å²) in [6.45, 7) is 1.66. The van der Waals surface area contributed by atoms with Crippen molar-refractivity contribution in [2.24, 2.45) is 10.8 Å². The Bertz CT molecular complexity index is 215. The molecule has 1 rings (SSSR count). The van der Waals surface area contributed by atoms with Crippen molar-refractivity contribution in [2.45, 2.75) is 51.0 Å². The van der Waals surface area contributed by atoms with E-state index in [-0.39, 0.29) is 0 Å². The highest BCUT2D eigenvalue weighted by atomic mass is 16.5. The van der Waals surface area contributed by atoms with E-state index in [1.807, 2.05) is 0 Å². The number of aliphatic imine (C=N–C) groups is 1. The van der Waals surface area contributed by atoms with E-state index in [1.54, 1.807) is 7.11 Å². The van der Waals surface area contributed by atoms with Gasteiger partial charge in [-0.05, 0) is 32.1 Å². The van der Waals surface area contributed by atoms with Crippen molar-refractivity contribution in [1.29, 1.82) is 0 Å². The van der Waals surface area contributed by atoms with Gasteiger partial charge in [0.2, 0.25) is 5.96 Å². The molecular weight excluding hydrogens is 216 g/mol. The summed E-state index contributed by atoms with van der Waals surface area (Å²) in [5, 5.41) is 3.36. The minimum absolute atomic E-state index is 0.554. The van der Waals surface area contributed by atoms with Crippen LogP contribution in [0.5, 0.6) is 0 Å². The number of hydrogen-bond donors (Lipinski definition) is 3. The number of nitrogens with one attached hydrogen (secondary N) is 2. The van der Waals surface area contributed by atoms with Crippen molar-refractivity contribution in [2.75, 3.05) is 20.3 Å². The molecular formula is C12H26N4O. The molecule has 1 saturated carbocycles. The van der Waals surface area contributed by atoms with Crippen molar-refractivity contribution in [3.8, 4) is 0 Å². The Kier molecular flexibility index (Phi) is 7.75. The lowest BCUT2D eigenvalue weighted by molar-refractivity contribution is 0.192. The van der Waals surface area contributed by atoms with Crippen LogP contribution in [0, 0.1) is 0 Å². The second kappa shape index (κ2) is 9.24. The number of methoxy groups -OCH3 is 1. The SMILES string of the molecule is COCCCCCN=C(NN)NC1CCCC1. The van der Waals surface area contributed by atoms with Gasteiger partial charge in [-0.25, -0.2) is 5.84 Å². The minimum atomic E-state index is 0.554. The van der Waals surface area contributed by atoms with Crippen molar-refractivity contribution in [3.05, 3.63) is 0 Å². The van der Waals surface area contributed by atoms with Crippen molar-refractivity contribution >= 4 is 5.96 Å². The van der Waals surface area contributed by atoms with Crippen LogP contribution in [0.2, 0.25) is 0 Å². The molecule has 0 aromatic rings. The molecule has 4 N–H and O–H groups in total. The Labute approximate surface area is 104 Å². The number of guanidine groups is 1. The molecule has 100 valence electrons. The van der Waals surface area contributed by atoms with Gasteiger partial charge >= 0.3 is 0 Å². The molecule has 1 aliphatic carbocycles. The molecule has 0 aliphatic heterocycles. The van der Waals surface area contributed by atoms with Gasteiger partial charge in [-0.3, -0.25) is 10.4 Å². The van der Waals surface area contributed by atoms with Crippen LogP contribution < -0.4 is 16.6 Å². The molecule has 0 unspecified atom stereocenters. The van der Waals surface area contributed by atoms with Crippen LogP contribution in [0.15, 0.2) is 4.99 Å². The Hall–Kier alpha value is -0.810. The lowest BCUT2D eigenvalue weighted by Crippen LogP contribution is -2.45. The van der Waals surface area contributed by atoms with Crippen molar-refractivity contribution in [1.82, 2.24) is 10.7 Å². The zero-order chi connectivity index (χ0) is 12.3. The summed E-state index contributed by atoms with van der Waals surface area (Å²) in [6, 6.07) is 0.554. The smallest absolute Gasteiger partial charge is 0.205 e. The second-order valence-electron chi connectivity index (χ2n) is 4.55. The van der Waals surface area contributed by atoms with E-state index < -0.39 is 0 Å². The van der Waals surface area contributed by atoms with Gasteiger partial charge in [0.15, 0.2) is 0 Å². The van der Waals surface area contributed by atoms with Crippen LogP contribution in [-0.4, -0.2) is 32.3 Å². The molecule has 0 amide bonds. The van der Waals surface area contributed by atoms with Gasteiger partial charge in [-0.2, -0.15) is 0 Å². The van der Waals surface area contributed by atoms with Gasteiger partial charge in [-0.15, -0.1) is 0 Å². The first-order valence-electron chi connectivity index (χ1n) is 6.63. The largest absolute Gasteiger partial charge is 0.385 e. The number of hydrazine groups is 1. The van der Waals surface area contributed by atoms with Crippen LogP contribution in [0.25, 0.3) is 0 Å². The van der Waals surface area contributed by atoms with E-state index in [1.165, 1.54) is 25.7 Å². The molecule has 0 radical (unpaired) electrons. The van der Waals surface area contributed by atoms with Gasteiger partial charge < -0.3 is 10.1 Å². The molecule has 0 aromatic carbocycles. The number of hydrogen-bond acceptors (Lipinski definition) is 3. The van der Waals surface area contributed by atoms with Crippen molar-refractivity contribution in [3.63, 3.8) is 0 Å². The second-order valence-corrected chi connectivity index (χ2v) is 4.55. The predicted octanol–water partition coefficient (Wildman–Crippen LogP) is 1.15. The third kappa shape index (κ3) is 6.48. The van der Waals surface area contributed by atoms with E-state index in [9.17, 15) is 0 Å². The van der Waals surface area contributed by atoms with Crippen LogP contribution >= 0.6 is 0 Å². The van der Waals surface area contributed by atoms with Gasteiger partial charge in [0.05, 0.1) is 0 Å².